The van der Waals surface area contributed by atoms with Gasteiger partial charge in [0, 0.05) is 5.54 Å². The zero-order valence-corrected chi connectivity index (χ0v) is 7.96. The molecule has 0 fully saturated rings. The summed E-state index contributed by atoms with van der Waals surface area (Å²) >= 11 is 0. The number of hydrogen-bond acceptors (Lipinski definition) is 1. The molecule has 1 aromatic carbocycles. The van der Waals surface area contributed by atoms with Gasteiger partial charge in [0.05, 0.1) is 0 Å². The van der Waals surface area contributed by atoms with Gasteiger partial charge in [-0.1, -0.05) is 42.0 Å². The van der Waals surface area contributed by atoms with Crippen molar-refractivity contribution < 1.29 is 0 Å². The summed E-state index contributed by atoms with van der Waals surface area (Å²) in [6, 6.07) is 8.54. The van der Waals surface area contributed by atoms with Gasteiger partial charge in [-0.25, -0.2) is 0 Å². The summed E-state index contributed by atoms with van der Waals surface area (Å²) in [5, 5.41) is 0. The van der Waals surface area contributed by atoms with Gasteiger partial charge < -0.3 is 5.73 Å². The van der Waals surface area contributed by atoms with Crippen molar-refractivity contribution in [2.24, 2.45) is 5.73 Å². The van der Waals surface area contributed by atoms with Gasteiger partial charge >= 0.3 is 0 Å². The summed E-state index contributed by atoms with van der Waals surface area (Å²) in [6.07, 6.45) is 6.27. The standard InChI is InChI=1S/C12H15N/c1-10-4-6-11(7-5-10)12(13)8-2-3-9-12/h2-7H,8-9,13H2,1H3. The summed E-state index contributed by atoms with van der Waals surface area (Å²) < 4.78 is 0. The van der Waals surface area contributed by atoms with E-state index in [9.17, 15) is 0 Å². The molecule has 1 aliphatic carbocycles. The minimum atomic E-state index is -0.131. The molecule has 1 aliphatic rings. The summed E-state index contributed by atoms with van der Waals surface area (Å²) in [4.78, 5) is 0. The van der Waals surface area contributed by atoms with Crippen LogP contribution in [0.15, 0.2) is 36.4 Å². The molecule has 0 atom stereocenters. The van der Waals surface area contributed by atoms with Crippen LogP contribution >= 0.6 is 0 Å². The number of hydrogen-bond donors (Lipinski definition) is 1. The lowest BCUT2D eigenvalue weighted by Crippen LogP contribution is -2.33. The maximum atomic E-state index is 6.27. The van der Waals surface area contributed by atoms with E-state index in [2.05, 4.69) is 43.3 Å². The van der Waals surface area contributed by atoms with E-state index < -0.39 is 0 Å². The Kier molecular flexibility index (Phi) is 1.97. The van der Waals surface area contributed by atoms with E-state index in [0.717, 1.165) is 12.8 Å². The van der Waals surface area contributed by atoms with Crippen molar-refractivity contribution in [3.8, 4) is 0 Å². The van der Waals surface area contributed by atoms with E-state index in [1.807, 2.05) is 0 Å². The third kappa shape index (κ3) is 1.52. The zero-order chi connectivity index (χ0) is 9.31. The zero-order valence-electron chi connectivity index (χ0n) is 7.96. The first-order valence-corrected chi connectivity index (χ1v) is 4.72. The molecule has 0 heterocycles. The van der Waals surface area contributed by atoms with Gasteiger partial charge in [0.2, 0.25) is 0 Å². The number of aryl methyl sites for hydroxylation is 1. The Morgan fingerprint density at radius 2 is 1.62 bits per heavy atom. The minimum absolute atomic E-state index is 0.131. The van der Waals surface area contributed by atoms with E-state index in [0.29, 0.717) is 0 Å². The second-order valence-electron chi connectivity index (χ2n) is 3.90. The normalized spacial score (nSPS) is 19.2. The van der Waals surface area contributed by atoms with E-state index in [4.69, 9.17) is 5.73 Å². The third-order valence-electron chi connectivity index (χ3n) is 2.76. The van der Waals surface area contributed by atoms with Gasteiger partial charge in [-0.15, -0.1) is 0 Å². The van der Waals surface area contributed by atoms with Crippen molar-refractivity contribution >= 4 is 0 Å². The maximum absolute atomic E-state index is 6.27. The van der Waals surface area contributed by atoms with Crippen molar-refractivity contribution in [3.05, 3.63) is 47.5 Å². The lowest BCUT2D eigenvalue weighted by Gasteiger charge is -2.24. The van der Waals surface area contributed by atoms with Crippen molar-refractivity contribution in [2.75, 3.05) is 0 Å². The Hall–Kier alpha value is -1.08. The summed E-state index contributed by atoms with van der Waals surface area (Å²) in [5.41, 5.74) is 8.68. The molecule has 0 unspecified atom stereocenters. The first-order valence-electron chi connectivity index (χ1n) is 4.72. The molecule has 0 aromatic heterocycles. The Bertz CT molecular complexity index is 313. The number of benzene rings is 1. The smallest absolute Gasteiger partial charge is 0.0479 e. The van der Waals surface area contributed by atoms with Crippen molar-refractivity contribution in [1.29, 1.82) is 0 Å². The van der Waals surface area contributed by atoms with Crippen molar-refractivity contribution in [2.45, 2.75) is 25.3 Å². The highest BCUT2D eigenvalue weighted by Crippen LogP contribution is 2.31. The van der Waals surface area contributed by atoms with Crippen LogP contribution in [0.25, 0.3) is 0 Å². The lowest BCUT2D eigenvalue weighted by molar-refractivity contribution is 0.480. The van der Waals surface area contributed by atoms with Crippen LogP contribution in [-0.2, 0) is 5.54 Å². The average molecular weight is 173 g/mol. The molecule has 0 bridgehead atoms. The molecule has 0 spiro atoms. The SMILES string of the molecule is Cc1ccc(C2(N)CC=CC2)cc1. The molecule has 1 heteroatoms. The highest BCUT2D eigenvalue weighted by Gasteiger charge is 2.27. The second kappa shape index (κ2) is 3.00. The molecule has 0 amide bonds. The van der Waals surface area contributed by atoms with Crippen LogP contribution in [0.5, 0.6) is 0 Å². The summed E-state index contributed by atoms with van der Waals surface area (Å²) in [5.74, 6) is 0. The minimum Gasteiger partial charge on any atom is -0.321 e. The molecule has 0 radical (unpaired) electrons. The molecule has 0 saturated heterocycles. The topological polar surface area (TPSA) is 26.0 Å². The van der Waals surface area contributed by atoms with Crippen LogP contribution in [0, 0.1) is 6.92 Å². The van der Waals surface area contributed by atoms with Crippen molar-refractivity contribution in [3.63, 3.8) is 0 Å². The van der Waals surface area contributed by atoms with Crippen LogP contribution in [0.4, 0.5) is 0 Å². The molecule has 68 valence electrons. The van der Waals surface area contributed by atoms with Gasteiger partial charge in [-0.05, 0) is 25.3 Å². The fraction of sp³-hybridized carbons (Fsp3) is 0.333. The Labute approximate surface area is 79.3 Å². The predicted molar refractivity (Wildman–Crippen MR) is 55.4 cm³/mol. The molecule has 2 N–H and O–H groups in total. The third-order valence-corrected chi connectivity index (χ3v) is 2.76. The molecular formula is C12H15N. The molecule has 2 rings (SSSR count). The summed E-state index contributed by atoms with van der Waals surface area (Å²) in [6.45, 7) is 2.10. The highest BCUT2D eigenvalue weighted by molar-refractivity contribution is 5.31. The second-order valence-corrected chi connectivity index (χ2v) is 3.90. The molecule has 13 heavy (non-hydrogen) atoms. The molecule has 1 nitrogen and oxygen atoms in total. The predicted octanol–water partition coefficient (Wildman–Crippen LogP) is 2.50. The van der Waals surface area contributed by atoms with E-state index in [-0.39, 0.29) is 5.54 Å². The first-order chi connectivity index (χ1) is 6.21. The molecule has 0 saturated carbocycles. The van der Waals surface area contributed by atoms with Crippen molar-refractivity contribution in [1.82, 2.24) is 0 Å². The van der Waals surface area contributed by atoms with Crippen LogP contribution in [0.2, 0.25) is 0 Å². The highest BCUT2D eigenvalue weighted by atomic mass is 14.7. The van der Waals surface area contributed by atoms with Gasteiger partial charge in [0.15, 0.2) is 0 Å². The van der Waals surface area contributed by atoms with Gasteiger partial charge in [0.1, 0.15) is 0 Å². The monoisotopic (exact) mass is 173 g/mol. The van der Waals surface area contributed by atoms with Gasteiger partial charge in [-0.2, -0.15) is 0 Å². The van der Waals surface area contributed by atoms with E-state index in [1.165, 1.54) is 11.1 Å². The summed E-state index contributed by atoms with van der Waals surface area (Å²) in [7, 11) is 0. The molecule has 1 aromatic rings. The Morgan fingerprint density at radius 1 is 1.08 bits per heavy atom. The van der Waals surface area contributed by atoms with Crippen LogP contribution in [0.1, 0.15) is 24.0 Å². The number of nitrogens with two attached hydrogens (primary N) is 1. The molecule has 0 aliphatic heterocycles. The Balaban J connectivity index is 2.30. The van der Waals surface area contributed by atoms with Crippen LogP contribution in [0.3, 0.4) is 0 Å². The molecular weight excluding hydrogens is 158 g/mol. The lowest BCUT2D eigenvalue weighted by atomic mass is 9.88. The fourth-order valence-electron chi connectivity index (χ4n) is 1.79. The first kappa shape index (κ1) is 8.52. The Morgan fingerprint density at radius 3 is 2.15 bits per heavy atom. The average Bonchev–Trinajstić information content (AvgIpc) is 2.54. The van der Waals surface area contributed by atoms with Crippen LogP contribution < -0.4 is 5.73 Å². The van der Waals surface area contributed by atoms with Gasteiger partial charge in [-0.3, -0.25) is 0 Å². The largest absolute Gasteiger partial charge is 0.321 e. The fourth-order valence-corrected chi connectivity index (χ4v) is 1.79. The number of rotatable bonds is 1. The van der Waals surface area contributed by atoms with Crippen LogP contribution in [-0.4, -0.2) is 0 Å². The van der Waals surface area contributed by atoms with E-state index in [1.54, 1.807) is 0 Å². The van der Waals surface area contributed by atoms with Gasteiger partial charge in [0.25, 0.3) is 0 Å². The quantitative estimate of drug-likeness (QED) is 0.649. The van der Waals surface area contributed by atoms with E-state index >= 15 is 0 Å². The maximum Gasteiger partial charge on any atom is 0.0479 e.